The van der Waals surface area contributed by atoms with E-state index in [2.05, 4.69) is 51.2 Å². The van der Waals surface area contributed by atoms with Crippen molar-refractivity contribution in [3.8, 4) is 0 Å². The Kier molecular flexibility index (Phi) is 19.6. The molecule has 68 heavy (non-hydrogen) atoms. The minimum Gasteiger partial charge on any atom is -0.396 e. The van der Waals surface area contributed by atoms with Crippen LogP contribution in [0.5, 0.6) is 0 Å². The van der Waals surface area contributed by atoms with Gasteiger partial charge in [0.05, 0.1) is 11.5 Å². The Hall–Kier alpha value is -5.52. The van der Waals surface area contributed by atoms with Crippen molar-refractivity contribution in [2.24, 2.45) is 11.8 Å². The molecule has 0 aliphatic heterocycles. The van der Waals surface area contributed by atoms with E-state index < -0.39 is 73.6 Å². The minimum absolute atomic E-state index is 0.0103. The van der Waals surface area contributed by atoms with E-state index in [1.807, 2.05) is 0 Å². The predicted octanol–water partition coefficient (Wildman–Crippen LogP) is -0.339. The molecule has 0 aliphatic rings. The summed E-state index contributed by atoms with van der Waals surface area (Å²) in [4.78, 5) is 27.1. The highest BCUT2D eigenvalue weighted by Gasteiger charge is 2.21. The summed E-state index contributed by atoms with van der Waals surface area (Å²) in [6.07, 6.45) is 2.75. The smallest absolute Gasteiger partial charge is 0.295 e. The van der Waals surface area contributed by atoms with E-state index in [0.717, 1.165) is 24.3 Å². The SMILES string of the molecule is CN(CC(CO)CCO)c1nc(NCCS(=O)(=O)O)nc(Nc2ccc(/C=C/c3ccc(Nc4nc(NCCS(=O)(=O)O)nc(N(C)CC(CO)CCO)n4)cc3S(=O)(=O)O)c(S(=O)(=O)O)c2)n1. The third kappa shape index (κ3) is 17.9. The number of nitrogens with zero attached hydrogens (tertiary/aromatic N) is 8. The van der Waals surface area contributed by atoms with E-state index in [1.54, 1.807) is 14.1 Å². The van der Waals surface area contributed by atoms with Crippen LogP contribution in [0, 0.1) is 11.8 Å². The topological polar surface area (TPSA) is 430 Å². The van der Waals surface area contributed by atoms with Crippen molar-refractivity contribution < 1.29 is 72.3 Å². The van der Waals surface area contributed by atoms with Gasteiger partial charge < -0.3 is 51.5 Å². The Bertz CT molecular complexity index is 2650. The van der Waals surface area contributed by atoms with Crippen molar-refractivity contribution >= 4 is 99.7 Å². The van der Waals surface area contributed by atoms with E-state index in [4.69, 9.17) is 9.11 Å². The van der Waals surface area contributed by atoms with Crippen LogP contribution in [0.3, 0.4) is 0 Å². The molecule has 2 aromatic heterocycles. The second kappa shape index (κ2) is 24.2. The quantitative estimate of drug-likeness (QED) is 0.0256. The zero-order chi connectivity index (χ0) is 50.5. The lowest BCUT2D eigenvalue weighted by Gasteiger charge is -2.23. The van der Waals surface area contributed by atoms with E-state index in [-0.39, 0.29) is 124 Å². The maximum Gasteiger partial charge on any atom is 0.295 e. The lowest BCUT2D eigenvalue weighted by atomic mass is 10.1. The number of nitrogens with one attached hydrogen (secondary N) is 4. The molecule has 32 heteroatoms. The van der Waals surface area contributed by atoms with Crippen LogP contribution in [-0.4, -0.2) is 180 Å². The first kappa shape index (κ1) is 55.1. The molecule has 2 unspecified atom stereocenters. The average Bonchev–Trinajstić information content (AvgIpc) is 3.24. The monoisotopic (exact) mass is 1040 g/mol. The van der Waals surface area contributed by atoms with Gasteiger partial charge in [0, 0.05) is 89.9 Å². The number of hydrogen-bond acceptors (Lipinski definition) is 24. The standard InChI is InChI=1S/C36H52N12O16S4/c1-47(19-23(21-51)9-13-49)35-43-31(37-11-15-65(53,54)55)41-33(45-35)39-27-7-5-25(29(17-27)67(59,60)61)3-4-26-6-8-28(18-30(26)68(62,63)64)40-34-42-32(38-12-16-66(56,57)58)44-36(46-34)48(2)20-24(22-52)10-14-50/h3-8,17-18,23-24,49-52H,9-16,19-22H2,1-2H3,(H,53,54,55)(H,56,57,58)(H,59,60,61)(H,62,63,64)(H2,37,39,41,43,45)(H2,38,40,42,44,46)/b4-3+. The summed E-state index contributed by atoms with van der Waals surface area (Å²) >= 11 is 0. The van der Waals surface area contributed by atoms with Gasteiger partial charge in [-0.25, -0.2) is 0 Å². The summed E-state index contributed by atoms with van der Waals surface area (Å²) in [5.41, 5.74) is -0.350. The summed E-state index contributed by atoms with van der Waals surface area (Å²) in [5, 5.41) is 49.0. The molecule has 28 nitrogen and oxygen atoms in total. The molecule has 0 aliphatic carbocycles. The van der Waals surface area contributed by atoms with Crippen LogP contribution in [0.4, 0.5) is 47.1 Å². The van der Waals surface area contributed by atoms with Crippen LogP contribution in [0.25, 0.3) is 12.2 Å². The summed E-state index contributed by atoms with van der Waals surface area (Å²) in [6, 6.07) is 7.14. The molecule has 2 heterocycles. The fourth-order valence-electron chi connectivity index (χ4n) is 6.09. The molecule has 0 radical (unpaired) electrons. The Balaban J connectivity index is 1.68. The first-order chi connectivity index (χ1) is 31.8. The van der Waals surface area contributed by atoms with Crippen LogP contribution >= 0.6 is 0 Å². The molecule has 12 N–H and O–H groups in total. The molecular weight excluding hydrogens is 985 g/mol. The van der Waals surface area contributed by atoms with Crippen molar-refractivity contribution in [3.05, 3.63) is 47.5 Å². The van der Waals surface area contributed by atoms with Crippen molar-refractivity contribution in [1.82, 2.24) is 29.9 Å². The Labute approximate surface area is 391 Å². The number of aromatic nitrogens is 6. The predicted molar refractivity (Wildman–Crippen MR) is 249 cm³/mol. The second-order valence-electron chi connectivity index (χ2n) is 14.9. The van der Waals surface area contributed by atoms with Crippen molar-refractivity contribution in [2.75, 3.05) is 109 Å². The molecule has 2 atom stereocenters. The number of aliphatic hydroxyl groups is 4. The molecule has 0 saturated carbocycles. The van der Waals surface area contributed by atoms with Crippen LogP contribution in [0.2, 0.25) is 0 Å². The zero-order valence-electron chi connectivity index (χ0n) is 36.3. The molecule has 0 spiro atoms. The van der Waals surface area contributed by atoms with Gasteiger partial charge in [0.2, 0.25) is 35.7 Å². The van der Waals surface area contributed by atoms with Gasteiger partial charge in [0.25, 0.3) is 40.5 Å². The molecule has 4 aromatic rings. The number of rotatable bonds is 28. The zero-order valence-corrected chi connectivity index (χ0v) is 39.6. The number of aliphatic hydroxyl groups excluding tert-OH is 4. The first-order valence-corrected chi connectivity index (χ1v) is 26.1. The van der Waals surface area contributed by atoms with E-state index >= 15 is 0 Å². The Morgan fingerprint density at radius 1 is 0.544 bits per heavy atom. The number of hydrogen-bond donors (Lipinski definition) is 12. The fraction of sp³-hybridized carbons (Fsp3) is 0.444. The van der Waals surface area contributed by atoms with Gasteiger partial charge in [-0.2, -0.15) is 63.6 Å². The van der Waals surface area contributed by atoms with Crippen molar-refractivity contribution in [2.45, 2.75) is 22.6 Å². The molecule has 0 saturated heterocycles. The molecule has 376 valence electrons. The van der Waals surface area contributed by atoms with Gasteiger partial charge >= 0.3 is 0 Å². The number of benzene rings is 2. The Morgan fingerprint density at radius 2 is 0.897 bits per heavy atom. The van der Waals surface area contributed by atoms with Crippen molar-refractivity contribution in [1.29, 1.82) is 0 Å². The summed E-state index contributed by atoms with van der Waals surface area (Å²) < 4.78 is 135. The van der Waals surface area contributed by atoms with Crippen LogP contribution in [-0.2, 0) is 40.5 Å². The van der Waals surface area contributed by atoms with Gasteiger partial charge in [-0.3, -0.25) is 18.2 Å². The van der Waals surface area contributed by atoms with Gasteiger partial charge in [0.15, 0.2) is 0 Å². The lowest BCUT2D eigenvalue weighted by Crippen LogP contribution is -2.30. The average molecular weight is 1040 g/mol. The summed E-state index contributed by atoms with van der Waals surface area (Å²) in [7, 11) is -15.6. The van der Waals surface area contributed by atoms with Crippen molar-refractivity contribution in [3.63, 3.8) is 0 Å². The normalized spacial score (nSPS) is 13.3. The van der Waals surface area contributed by atoms with Gasteiger partial charge in [-0.15, -0.1) is 0 Å². The highest BCUT2D eigenvalue weighted by molar-refractivity contribution is 7.86. The minimum atomic E-state index is -5.01. The number of anilines is 8. The van der Waals surface area contributed by atoms with Crippen LogP contribution < -0.4 is 31.1 Å². The first-order valence-electron chi connectivity index (χ1n) is 20.0. The second-order valence-corrected chi connectivity index (χ2v) is 20.8. The molecule has 0 bridgehead atoms. The molecule has 2 aromatic carbocycles. The van der Waals surface area contributed by atoms with Crippen LogP contribution in [0.1, 0.15) is 24.0 Å². The van der Waals surface area contributed by atoms with Gasteiger partial charge in [-0.1, -0.05) is 24.3 Å². The third-order valence-electron chi connectivity index (χ3n) is 9.41. The maximum absolute atomic E-state index is 12.7. The highest BCUT2D eigenvalue weighted by Crippen LogP contribution is 2.29. The third-order valence-corrected chi connectivity index (χ3v) is 12.7. The molecule has 0 fully saturated rings. The largest absolute Gasteiger partial charge is 0.396 e. The van der Waals surface area contributed by atoms with E-state index in [9.17, 15) is 63.2 Å². The van der Waals surface area contributed by atoms with E-state index in [0.29, 0.717) is 0 Å². The molecule has 0 amide bonds. The highest BCUT2D eigenvalue weighted by atomic mass is 32.2. The van der Waals surface area contributed by atoms with Crippen LogP contribution in [0.15, 0.2) is 46.2 Å². The molecular formula is C36H52N12O16S4. The molecule has 4 rings (SSSR count). The lowest BCUT2D eigenvalue weighted by molar-refractivity contribution is 0.186. The summed E-state index contributed by atoms with van der Waals surface area (Å²) in [5.74, 6) is -3.02. The Morgan fingerprint density at radius 3 is 1.21 bits per heavy atom. The maximum atomic E-state index is 12.7. The van der Waals surface area contributed by atoms with Gasteiger partial charge in [0.1, 0.15) is 9.79 Å². The van der Waals surface area contributed by atoms with Gasteiger partial charge in [-0.05, 0) is 48.2 Å². The fourth-order valence-corrected chi connectivity index (χ4v) is 8.23. The van der Waals surface area contributed by atoms with E-state index in [1.165, 1.54) is 34.1 Å². The summed E-state index contributed by atoms with van der Waals surface area (Å²) in [6.45, 7) is -1.35.